The highest BCUT2D eigenvalue weighted by Gasteiger charge is 2.33. The van der Waals surface area contributed by atoms with Crippen molar-refractivity contribution in [2.45, 2.75) is 45.6 Å². The number of carbonyl (C=O) groups is 1. The van der Waals surface area contributed by atoms with Crippen LogP contribution >= 0.6 is 0 Å². The van der Waals surface area contributed by atoms with E-state index in [4.69, 9.17) is 9.05 Å². The Hall–Kier alpha value is -2.18. The van der Waals surface area contributed by atoms with Gasteiger partial charge in [-0.05, 0) is 26.2 Å². The molecule has 7 nitrogen and oxygen atoms in total. The van der Waals surface area contributed by atoms with E-state index in [0.717, 1.165) is 19.3 Å². The van der Waals surface area contributed by atoms with Crippen LogP contribution in [0.4, 0.5) is 0 Å². The summed E-state index contributed by atoms with van der Waals surface area (Å²) in [5, 5.41) is 7.73. The van der Waals surface area contributed by atoms with Crippen LogP contribution in [-0.2, 0) is 6.42 Å². The zero-order valence-electron chi connectivity index (χ0n) is 12.2. The summed E-state index contributed by atoms with van der Waals surface area (Å²) in [5.74, 6) is 1.66. The molecule has 0 bridgehead atoms. The topological polar surface area (TPSA) is 85.3 Å². The zero-order chi connectivity index (χ0) is 14.8. The molecular weight excluding hydrogens is 272 g/mol. The second-order valence-electron chi connectivity index (χ2n) is 5.24. The van der Waals surface area contributed by atoms with Gasteiger partial charge in [0.15, 0.2) is 11.5 Å². The molecule has 112 valence electrons. The number of nitrogens with zero attached hydrogens (tertiary/aromatic N) is 4. The molecule has 2 aromatic rings. The molecule has 1 aliphatic heterocycles. The monoisotopic (exact) mass is 290 g/mol. The maximum Gasteiger partial charge on any atom is 0.276 e. The fourth-order valence-corrected chi connectivity index (χ4v) is 2.59. The van der Waals surface area contributed by atoms with Gasteiger partial charge in [-0.1, -0.05) is 17.2 Å². The second kappa shape index (κ2) is 5.67. The molecule has 1 fully saturated rings. The summed E-state index contributed by atoms with van der Waals surface area (Å²) in [4.78, 5) is 18.7. The maximum absolute atomic E-state index is 12.6. The number of likely N-dealkylation sites (tertiary alicyclic amines) is 1. The number of hydrogen-bond acceptors (Lipinski definition) is 6. The fourth-order valence-electron chi connectivity index (χ4n) is 2.59. The molecule has 21 heavy (non-hydrogen) atoms. The minimum Gasteiger partial charge on any atom is -0.361 e. The van der Waals surface area contributed by atoms with Gasteiger partial charge in [-0.2, -0.15) is 4.98 Å². The van der Waals surface area contributed by atoms with E-state index in [1.54, 1.807) is 17.9 Å². The minimum absolute atomic E-state index is 0.146. The van der Waals surface area contributed by atoms with Crippen molar-refractivity contribution in [3.8, 4) is 0 Å². The average Bonchev–Trinajstić information content (AvgIpc) is 3.15. The molecule has 0 spiro atoms. The molecule has 7 heteroatoms. The van der Waals surface area contributed by atoms with Crippen molar-refractivity contribution in [1.29, 1.82) is 0 Å². The summed E-state index contributed by atoms with van der Waals surface area (Å²) >= 11 is 0. The van der Waals surface area contributed by atoms with Crippen molar-refractivity contribution >= 4 is 5.91 Å². The number of rotatable bonds is 3. The van der Waals surface area contributed by atoms with E-state index in [9.17, 15) is 4.79 Å². The molecular formula is C14H18N4O3. The van der Waals surface area contributed by atoms with E-state index in [1.165, 1.54) is 0 Å². The molecule has 0 unspecified atom stereocenters. The van der Waals surface area contributed by atoms with E-state index in [1.807, 2.05) is 6.92 Å². The highest BCUT2D eigenvalue weighted by molar-refractivity contribution is 5.92. The first-order valence-electron chi connectivity index (χ1n) is 7.25. The third-order valence-corrected chi connectivity index (χ3v) is 3.70. The summed E-state index contributed by atoms with van der Waals surface area (Å²) in [6.07, 6.45) is 3.55. The van der Waals surface area contributed by atoms with Crippen LogP contribution in [0.2, 0.25) is 0 Å². The highest BCUT2D eigenvalue weighted by atomic mass is 16.5. The fraction of sp³-hybridized carbons (Fsp3) is 0.571. The van der Waals surface area contributed by atoms with Crippen molar-refractivity contribution in [3.05, 3.63) is 29.2 Å². The van der Waals surface area contributed by atoms with E-state index in [0.29, 0.717) is 36.1 Å². The highest BCUT2D eigenvalue weighted by Crippen LogP contribution is 2.31. The Balaban J connectivity index is 1.85. The number of aryl methyl sites for hydroxylation is 2. The van der Waals surface area contributed by atoms with E-state index in [-0.39, 0.29) is 11.9 Å². The van der Waals surface area contributed by atoms with Crippen molar-refractivity contribution in [3.63, 3.8) is 0 Å². The van der Waals surface area contributed by atoms with Crippen LogP contribution in [0.25, 0.3) is 0 Å². The van der Waals surface area contributed by atoms with Gasteiger partial charge in [0.05, 0.1) is 0 Å². The first kappa shape index (κ1) is 13.8. The van der Waals surface area contributed by atoms with Crippen molar-refractivity contribution in [1.82, 2.24) is 20.2 Å². The van der Waals surface area contributed by atoms with Gasteiger partial charge in [-0.3, -0.25) is 4.79 Å². The van der Waals surface area contributed by atoms with Gasteiger partial charge in [0, 0.05) is 19.0 Å². The number of aromatic nitrogens is 3. The van der Waals surface area contributed by atoms with Crippen molar-refractivity contribution < 1.29 is 13.8 Å². The predicted molar refractivity (Wildman–Crippen MR) is 72.5 cm³/mol. The van der Waals surface area contributed by atoms with Gasteiger partial charge < -0.3 is 13.9 Å². The molecule has 3 rings (SSSR count). The quantitative estimate of drug-likeness (QED) is 0.862. The Morgan fingerprint density at radius 1 is 1.38 bits per heavy atom. The van der Waals surface area contributed by atoms with Gasteiger partial charge >= 0.3 is 0 Å². The summed E-state index contributed by atoms with van der Waals surface area (Å²) in [7, 11) is 0. The van der Waals surface area contributed by atoms with Gasteiger partial charge in [0.1, 0.15) is 11.8 Å². The molecule has 3 heterocycles. The van der Waals surface area contributed by atoms with Crippen LogP contribution in [0.3, 0.4) is 0 Å². The van der Waals surface area contributed by atoms with Crippen LogP contribution in [0.15, 0.2) is 15.1 Å². The molecule has 0 radical (unpaired) electrons. The van der Waals surface area contributed by atoms with Gasteiger partial charge in [0.25, 0.3) is 5.91 Å². The third kappa shape index (κ3) is 2.68. The minimum atomic E-state index is -0.170. The standard InChI is InChI=1S/C14H18N4O3/c1-3-12-15-13(21-17-12)11-6-4-5-7-18(11)14(19)10-8-9(2)20-16-10/h8,11H,3-7H2,1-2H3/t11-/m1/s1. The normalized spacial score (nSPS) is 19.0. The van der Waals surface area contributed by atoms with Crippen LogP contribution < -0.4 is 0 Å². The lowest BCUT2D eigenvalue weighted by atomic mass is 10.0. The van der Waals surface area contributed by atoms with Crippen molar-refractivity contribution in [2.24, 2.45) is 0 Å². The molecule has 0 saturated carbocycles. The second-order valence-corrected chi connectivity index (χ2v) is 5.24. The molecule has 1 amide bonds. The predicted octanol–water partition coefficient (Wildman–Crippen LogP) is 2.30. The number of carbonyl (C=O) groups excluding carboxylic acids is 1. The Morgan fingerprint density at radius 2 is 2.24 bits per heavy atom. The number of amides is 1. The third-order valence-electron chi connectivity index (χ3n) is 3.70. The Kier molecular flexibility index (Phi) is 3.72. The number of hydrogen-bond donors (Lipinski definition) is 0. The van der Waals surface area contributed by atoms with Gasteiger partial charge in [-0.15, -0.1) is 0 Å². The summed E-state index contributed by atoms with van der Waals surface area (Å²) in [6.45, 7) is 4.40. The zero-order valence-corrected chi connectivity index (χ0v) is 12.2. The smallest absolute Gasteiger partial charge is 0.276 e. The summed E-state index contributed by atoms with van der Waals surface area (Å²) in [6, 6.07) is 1.48. The van der Waals surface area contributed by atoms with Gasteiger partial charge in [0.2, 0.25) is 5.89 Å². The Bertz CT molecular complexity index is 634. The Morgan fingerprint density at radius 3 is 2.90 bits per heavy atom. The lowest BCUT2D eigenvalue weighted by molar-refractivity contribution is 0.0551. The molecule has 0 N–H and O–H groups in total. The molecule has 1 aliphatic rings. The van der Waals surface area contributed by atoms with Crippen molar-refractivity contribution in [2.75, 3.05) is 6.54 Å². The molecule has 2 aromatic heterocycles. The van der Waals surface area contributed by atoms with E-state index < -0.39 is 0 Å². The van der Waals surface area contributed by atoms with Crippen LogP contribution in [-0.4, -0.2) is 32.6 Å². The molecule has 0 aliphatic carbocycles. The van der Waals surface area contributed by atoms with Gasteiger partial charge in [-0.25, -0.2) is 0 Å². The average molecular weight is 290 g/mol. The molecule has 0 aromatic carbocycles. The van der Waals surface area contributed by atoms with Crippen LogP contribution in [0.1, 0.15) is 60.2 Å². The lowest BCUT2D eigenvalue weighted by Crippen LogP contribution is -2.38. The van der Waals surface area contributed by atoms with Crippen LogP contribution in [0.5, 0.6) is 0 Å². The lowest BCUT2D eigenvalue weighted by Gasteiger charge is -2.32. The molecule has 1 saturated heterocycles. The first-order valence-corrected chi connectivity index (χ1v) is 7.25. The van der Waals surface area contributed by atoms with Crippen LogP contribution in [0, 0.1) is 6.92 Å². The van der Waals surface area contributed by atoms with E-state index in [2.05, 4.69) is 15.3 Å². The Labute approximate surface area is 122 Å². The van der Waals surface area contributed by atoms with E-state index >= 15 is 0 Å². The largest absolute Gasteiger partial charge is 0.361 e. The maximum atomic E-state index is 12.6. The summed E-state index contributed by atoms with van der Waals surface area (Å²) in [5.41, 5.74) is 0.328. The number of piperidine rings is 1. The summed E-state index contributed by atoms with van der Waals surface area (Å²) < 4.78 is 10.3. The molecule has 1 atom stereocenters. The SMILES string of the molecule is CCc1noc([C@H]2CCCCN2C(=O)c2cc(C)on2)n1. The first-order chi connectivity index (χ1) is 10.2.